The van der Waals surface area contributed by atoms with E-state index in [0.717, 1.165) is 39.3 Å². The number of benzene rings is 1. The van der Waals surface area contributed by atoms with Crippen LogP contribution in [0, 0.1) is 0 Å². The van der Waals surface area contributed by atoms with Gasteiger partial charge in [-0.05, 0) is 24.7 Å². The number of amides is 2. The van der Waals surface area contributed by atoms with Gasteiger partial charge >= 0.3 is 0 Å². The smallest absolute Gasteiger partial charge is 0.225 e. The molecule has 0 bridgehead atoms. The maximum Gasteiger partial charge on any atom is 0.225 e. The first-order valence-corrected chi connectivity index (χ1v) is 8.19. The zero-order chi connectivity index (χ0) is 16.7. The molecule has 0 unspecified atom stereocenters. The molecule has 2 rings (SSSR count). The highest BCUT2D eigenvalue weighted by atomic mass is 16.2. The van der Waals surface area contributed by atoms with Crippen molar-refractivity contribution < 1.29 is 9.59 Å². The van der Waals surface area contributed by atoms with Gasteiger partial charge in [0, 0.05) is 57.4 Å². The molecule has 0 radical (unpaired) electrons. The molecule has 0 atom stereocenters. The first-order valence-electron chi connectivity index (χ1n) is 8.19. The highest BCUT2D eigenvalue weighted by Crippen LogP contribution is 2.15. The number of likely N-dealkylation sites (N-methyl/N-ethyl adjacent to an activating group) is 1. The Balaban J connectivity index is 1.75. The predicted octanol–water partition coefficient (Wildman–Crippen LogP) is 1.61. The van der Waals surface area contributed by atoms with Gasteiger partial charge in [-0.2, -0.15) is 0 Å². The van der Waals surface area contributed by atoms with Crippen molar-refractivity contribution in [2.75, 3.05) is 49.9 Å². The van der Waals surface area contributed by atoms with Crippen molar-refractivity contribution in [1.82, 2.24) is 9.80 Å². The SMILES string of the molecule is CCN1CCN(CCC(=O)Nc2cccc(NC(C)=O)c2)CC1. The number of hydrogen-bond acceptors (Lipinski definition) is 4. The van der Waals surface area contributed by atoms with Gasteiger partial charge in [0.25, 0.3) is 0 Å². The number of carbonyl (C=O) groups excluding carboxylic acids is 2. The van der Waals surface area contributed by atoms with Gasteiger partial charge in [-0.1, -0.05) is 13.0 Å². The first-order chi connectivity index (χ1) is 11.1. The molecule has 0 saturated carbocycles. The Labute approximate surface area is 137 Å². The van der Waals surface area contributed by atoms with Crippen molar-refractivity contribution in [3.63, 3.8) is 0 Å². The molecule has 6 nitrogen and oxygen atoms in total. The Kier molecular flexibility index (Phi) is 6.55. The van der Waals surface area contributed by atoms with Crippen molar-refractivity contribution in [3.05, 3.63) is 24.3 Å². The second-order valence-electron chi connectivity index (χ2n) is 5.84. The van der Waals surface area contributed by atoms with Crippen molar-refractivity contribution >= 4 is 23.2 Å². The lowest BCUT2D eigenvalue weighted by molar-refractivity contribution is -0.116. The highest BCUT2D eigenvalue weighted by molar-refractivity contribution is 5.93. The zero-order valence-electron chi connectivity index (χ0n) is 14.0. The Morgan fingerprint density at radius 1 is 1.04 bits per heavy atom. The summed E-state index contributed by atoms with van der Waals surface area (Å²) < 4.78 is 0. The Morgan fingerprint density at radius 3 is 2.26 bits per heavy atom. The molecule has 1 aliphatic heterocycles. The molecule has 2 amide bonds. The monoisotopic (exact) mass is 318 g/mol. The third-order valence-corrected chi connectivity index (χ3v) is 4.03. The van der Waals surface area contributed by atoms with E-state index in [4.69, 9.17) is 0 Å². The number of rotatable bonds is 6. The van der Waals surface area contributed by atoms with Crippen LogP contribution in [0.1, 0.15) is 20.3 Å². The number of piperazine rings is 1. The van der Waals surface area contributed by atoms with Crippen LogP contribution in [0.2, 0.25) is 0 Å². The quantitative estimate of drug-likeness (QED) is 0.836. The van der Waals surface area contributed by atoms with Crippen LogP contribution in [0.5, 0.6) is 0 Å². The molecule has 126 valence electrons. The number of anilines is 2. The van der Waals surface area contributed by atoms with Crippen LogP contribution in [0.25, 0.3) is 0 Å². The van der Waals surface area contributed by atoms with Crippen molar-refractivity contribution in [3.8, 4) is 0 Å². The van der Waals surface area contributed by atoms with Gasteiger partial charge in [-0.3, -0.25) is 9.59 Å². The molecule has 6 heteroatoms. The first kappa shape index (κ1) is 17.4. The molecule has 0 spiro atoms. The summed E-state index contributed by atoms with van der Waals surface area (Å²) in [6, 6.07) is 7.19. The van der Waals surface area contributed by atoms with Gasteiger partial charge in [0.05, 0.1) is 0 Å². The minimum atomic E-state index is -0.125. The molecule has 1 saturated heterocycles. The molecular weight excluding hydrogens is 292 g/mol. The fourth-order valence-electron chi connectivity index (χ4n) is 2.69. The van der Waals surface area contributed by atoms with Crippen LogP contribution in [0.3, 0.4) is 0 Å². The van der Waals surface area contributed by atoms with Gasteiger partial charge in [0.1, 0.15) is 0 Å². The summed E-state index contributed by atoms with van der Waals surface area (Å²) in [5.41, 5.74) is 1.39. The number of nitrogens with zero attached hydrogens (tertiary/aromatic N) is 2. The van der Waals surface area contributed by atoms with Crippen LogP contribution in [-0.4, -0.2) is 60.9 Å². The fraction of sp³-hybridized carbons (Fsp3) is 0.529. The van der Waals surface area contributed by atoms with E-state index >= 15 is 0 Å². The van der Waals surface area contributed by atoms with Crippen LogP contribution < -0.4 is 10.6 Å². The van der Waals surface area contributed by atoms with E-state index in [1.165, 1.54) is 6.92 Å². The van der Waals surface area contributed by atoms with Crippen molar-refractivity contribution in [1.29, 1.82) is 0 Å². The zero-order valence-corrected chi connectivity index (χ0v) is 14.0. The summed E-state index contributed by atoms with van der Waals surface area (Å²) in [6.07, 6.45) is 0.483. The van der Waals surface area contributed by atoms with Crippen molar-refractivity contribution in [2.45, 2.75) is 20.3 Å². The summed E-state index contributed by atoms with van der Waals surface area (Å²) in [5, 5.41) is 5.60. The van der Waals surface area contributed by atoms with Crippen LogP contribution >= 0.6 is 0 Å². The lowest BCUT2D eigenvalue weighted by Gasteiger charge is -2.33. The number of carbonyl (C=O) groups is 2. The molecule has 2 N–H and O–H groups in total. The Morgan fingerprint density at radius 2 is 1.65 bits per heavy atom. The molecule has 1 aromatic rings. The average molecular weight is 318 g/mol. The Hall–Kier alpha value is -1.92. The second kappa shape index (κ2) is 8.64. The molecule has 1 heterocycles. The largest absolute Gasteiger partial charge is 0.326 e. The predicted molar refractivity (Wildman–Crippen MR) is 92.5 cm³/mol. The normalized spacial score (nSPS) is 16.1. The number of hydrogen-bond donors (Lipinski definition) is 2. The Bertz CT molecular complexity index is 539. The molecule has 0 aliphatic carbocycles. The fourth-order valence-corrected chi connectivity index (χ4v) is 2.69. The summed E-state index contributed by atoms with van der Waals surface area (Å²) in [5.74, 6) is -0.123. The minimum Gasteiger partial charge on any atom is -0.326 e. The molecule has 0 aromatic heterocycles. The molecule has 23 heavy (non-hydrogen) atoms. The van der Waals surface area contributed by atoms with E-state index < -0.39 is 0 Å². The van der Waals surface area contributed by atoms with Crippen LogP contribution in [0.4, 0.5) is 11.4 Å². The second-order valence-corrected chi connectivity index (χ2v) is 5.84. The minimum absolute atomic E-state index is 0.00268. The van der Waals surface area contributed by atoms with E-state index in [1.54, 1.807) is 12.1 Å². The summed E-state index contributed by atoms with van der Waals surface area (Å²) in [4.78, 5) is 27.9. The topological polar surface area (TPSA) is 64.7 Å². The van der Waals surface area contributed by atoms with Gasteiger partial charge in [0.15, 0.2) is 0 Å². The molecule has 1 aromatic carbocycles. The van der Waals surface area contributed by atoms with Gasteiger partial charge in [-0.15, -0.1) is 0 Å². The summed E-state index contributed by atoms with van der Waals surface area (Å²) in [6.45, 7) is 9.74. The average Bonchev–Trinajstić information content (AvgIpc) is 2.53. The molecular formula is C17H26N4O2. The summed E-state index contributed by atoms with van der Waals surface area (Å²) >= 11 is 0. The highest BCUT2D eigenvalue weighted by Gasteiger charge is 2.16. The molecule has 1 fully saturated rings. The lowest BCUT2D eigenvalue weighted by Crippen LogP contribution is -2.46. The van der Waals surface area contributed by atoms with Gasteiger partial charge in [-0.25, -0.2) is 0 Å². The molecule has 1 aliphatic rings. The van der Waals surface area contributed by atoms with E-state index in [-0.39, 0.29) is 11.8 Å². The van der Waals surface area contributed by atoms with Crippen LogP contribution in [-0.2, 0) is 9.59 Å². The lowest BCUT2D eigenvalue weighted by atomic mass is 10.2. The van der Waals surface area contributed by atoms with Gasteiger partial charge < -0.3 is 20.4 Å². The standard InChI is InChI=1S/C17H26N4O2/c1-3-20-9-11-21(12-10-20)8-7-17(23)19-16-6-4-5-15(13-16)18-14(2)22/h4-6,13H,3,7-12H2,1-2H3,(H,18,22)(H,19,23). The van der Waals surface area contributed by atoms with E-state index in [1.807, 2.05) is 12.1 Å². The summed E-state index contributed by atoms with van der Waals surface area (Å²) in [7, 11) is 0. The third-order valence-electron chi connectivity index (χ3n) is 4.03. The van der Waals surface area contributed by atoms with Gasteiger partial charge in [0.2, 0.25) is 11.8 Å². The van der Waals surface area contributed by atoms with E-state index in [9.17, 15) is 9.59 Å². The van der Waals surface area contributed by atoms with E-state index in [2.05, 4.69) is 27.4 Å². The number of nitrogens with one attached hydrogen (secondary N) is 2. The van der Waals surface area contributed by atoms with E-state index in [0.29, 0.717) is 17.8 Å². The maximum absolute atomic E-state index is 12.1. The maximum atomic E-state index is 12.1. The van der Waals surface area contributed by atoms with Crippen LogP contribution in [0.15, 0.2) is 24.3 Å². The third kappa shape index (κ3) is 6.00. The van der Waals surface area contributed by atoms with Crippen molar-refractivity contribution in [2.24, 2.45) is 0 Å².